The van der Waals surface area contributed by atoms with Crippen LogP contribution in [0.5, 0.6) is 0 Å². The molecule has 0 aliphatic rings. The lowest BCUT2D eigenvalue weighted by Gasteiger charge is -2.28. The molecule has 0 rings (SSSR count). The Hall–Kier alpha value is -0.780. The van der Waals surface area contributed by atoms with Crippen molar-refractivity contribution in [2.45, 2.75) is 33.0 Å². The van der Waals surface area contributed by atoms with Crippen LogP contribution in [0.25, 0.3) is 0 Å². The summed E-state index contributed by atoms with van der Waals surface area (Å²) in [7, 11) is -3.86. The van der Waals surface area contributed by atoms with Crippen LogP contribution in [-0.4, -0.2) is 31.1 Å². The molecule has 1 N–H and O–H groups in total. The van der Waals surface area contributed by atoms with Crippen LogP contribution >= 0.6 is 7.60 Å². The zero-order valence-corrected chi connectivity index (χ0v) is 11.5. The van der Waals surface area contributed by atoms with Gasteiger partial charge in [0.2, 0.25) is 0 Å². The number of nitrogens with one attached hydrogen (secondary N) is 1. The highest BCUT2D eigenvalue weighted by Gasteiger charge is 2.55. The van der Waals surface area contributed by atoms with Gasteiger partial charge in [-0.1, -0.05) is 0 Å². The van der Waals surface area contributed by atoms with Crippen LogP contribution < -0.4 is 0 Å². The molecule has 0 saturated heterocycles. The molecule has 0 radical (unpaired) electrons. The van der Waals surface area contributed by atoms with Crippen molar-refractivity contribution in [2.24, 2.45) is 5.11 Å². The summed E-state index contributed by atoms with van der Waals surface area (Å²) in [4.78, 5) is 11.7. The SMILES string of the molecule is CCOC(=O)C(C)(N=N)P(=O)(OCC)OCC. The molecule has 0 aromatic carbocycles. The van der Waals surface area contributed by atoms with Crippen LogP contribution in [0.2, 0.25) is 0 Å². The molecule has 0 aromatic rings. The summed E-state index contributed by atoms with van der Waals surface area (Å²) in [5.41, 5.74) is 7.07. The van der Waals surface area contributed by atoms with E-state index in [0.717, 1.165) is 0 Å². The first-order valence-corrected chi connectivity index (χ1v) is 6.91. The van der Waals surface area contributed by atoms with Crippen LogP contribution in [0.4, 0.5) is 0 Å². The third kappa shape index (κ3) is 3.34. The largest absolute Gasteiger partial charge is 0.464 e. The molecular weight excluding hydrogens is 247 g/mol. The Morgan fingerprint density at radius 2 is 1.71 bits per heavy atom. The van der Waals surface area contributed by atoms with Gasteiger partial charge in [0, 0.05) is 0 Å². The average molecular weight is 266 g/mol. The molecule has 8 heteroatoms. The lowest BCUT2D eigenvalue weighted by molar-refractivity contribution is -0.146. The fraction of sp³-hybridized carbons (Fsp3) is 0.889. The number of nitrogens with zero attached hydrogens (tertiary/aromatic N) is 1. The van der Waals surface area contributed by atoms with E-state index < -0.39 is 18.8 Å². The highest BCUT2D eigenvalue weighted by molar-refractivity contribution is 7.56. The van der Waals surface area contributed by atoms with E-state index in [-0.39, 0.29) is 19.8 Å². The van der Waals surface area contributed by atoms with Gasteiger partial charge in [-0.05, 0) is 27.7 Å². The molecule has 0 aromatic heterocycles. The number of rotatable bonds is 8. The number of hydrogen-bond acceptors (Lipinski definition) is 7. The minimum atomic E-state index is -3.86. The Labute approximate surface area is 101 Å². The van der Waals surface area contributed by atoms with E-state index in [9.17, 15) is 9.36 Å². The molecule has 0 spiro atoms. The maximum absolute atomic E-state index is 12.4. The van der Waals surface area contributed by atoms with Gasteiger partial charge in [-0.2, -0.15) is 5.11 Å². The highest BCUT2D eigenvalue weighted by atomic mass is 31.2. The second kappa shape index (κ2) is 6.83. The molecule has 0 aliphatic carbocycles. The van der Waals surface area contributed by atoms with Crippen molar-refractivity contribution in [1.82, 2.24) is 0 Å². The van der Waals surface area contributed by atoms with Gasteiger partial charge in [-0.15, -0.1) is 0 Å². The fourth-order valence-corrected chi connectivity index (χ4v) is 2.78. The molecule has 100 valence electrons. The number of esters is 1. The third-order valence-electron chi connectivity index (χ3n) is 2.01. The molecule has 7 nitrogen and oxygen atoms in total. The van der Waals surface area contributed by atoms with Crippen molar-refractivity contribution in [1.29, 1.82) is 5.53 Å². The monoisotopic (exact) mass is 266 g/mol. The van der Waals surface area contributed by atoms with Crippen molar-refractivity contribution in [3.05, 3.63) is 0 Å². The van der Waals surface area contributed by atoms with Crippen molar-refractivity contribution in [3.8, 4) is 0 Å². The standard InChI is InChI=1S/C9H19N2O5P/c1-5-14-8(12)9(4,11-10)17(13,15-6-2)16-7-3/h10H,5-7H2,1-4H3. The van der Waals surface area contributed by atoms with E-state index in [2.05, 4.69) is 5.11 Å². The van der Waals surface area contributed by atoms with Crippen LogP contribution in [0.15, 0.2) is 5.11 Å². The lowest BCUT2D eigenvalue weighted by atomic mass is 10.3. The van der Waals surface area contributed by atoms with Crippen molar-refractivity contribution < 1.29 is 23.1 Å². The summed E-state index contributed by atoms with van der Waals surface area (Å²) < 4.78 is 27.2. The number of carbonyl (C=O) groups is 1. The Balaban J connectivity index is 5.33. The maximum Gasteiger partial charge on any atom is 0.371 e. The first-order valence-electron chi connectivity index (χ1n) is 5.36. The van der Waals surface area contributed by atoms with Crippen molar-refractivity contribution in [2.75, 3.05) is 19.8 Å². The summed E-state index contributed by atoms with van der Waals surface area (Å²) in [6.45, 7) is 6.31. The smallest absolute Gasteiger partial charge is 0.371 e. The first-order chi connectivity index (χ1) is 7.91. The zero-order chi connectivity index (χ0) is 13.5. The van der Waals surface area contributed by atoms with Gasteiger partial charge in [0.25, 0.3) is 5.28 Å². The predicted octanol–water partition coefficient (Wildman–Crippen LogP) is 2.56. The van der Waals surface area contributed by atoms with E-state index in [4.69, 9.17) is 19.3 Å². The van der Waals surface area contributed by atoms with Crippen LogP contribution in [0.3, 0.4) is 0 Å². The molecule has 1 atom stereocenters. The lowest BCUT2D eigenvalue weighted by Crippen LogP contribution is -2.36. The van der Waals surface area contributed by atoms with Crippen LogP contribution in [-0.2, 0) is 23.1 Å². The van der Waals surface area contributed by atoms with Gasteiger partial charge >= 0.3 is 13.6 Å². The van der Waals surface area contributed by atoms with Gasteiger partial charge in [0.05, 0.1) is 19.8 Å². The normalized spacial score (nSPS) is 15.1. The van der Waals surface area contributed by atoms with E-state index in [1.165, 1.54) is 6.92 Å². The van der Waals surface area contributed by atoms with Gasteiger partial charge in [0.15, 0.2) is 0 Å². The summed E-state index contributed by atoms with van der Waals surface area (Å²) in [5, 5.41) is 1.16. The van der Waals surface area contributed by atoms with Gasteiger partial charge in [-0.25, -0.2) is 10.3 Å². The minimum absolute atomic E-state index is 0.0851. The summed E-state index contributed by atoms with van der Waals surface area (Å²) in [6, 6.07) is 0. The van der Waals surface area contributed by atoms with Crippen LogP contribution in [0.1, 0.15) is 27.7 Å². The van der Waals surface area contributed by atoms with Crippen LogP contribution in [0, 0.1) is 5.53 Å². The molecule has 0 fully saturated rings. The average Bonchev–Trinajstić information content (AvgIpc) is 2.28. The maximum atomic E-state index is 12.4. The first kappa shape index (κ1) is 16.2. The number of ether oxygens (including phenoxy) is 1. The summed E-state index contributed by atoms with van der Waals surface area (Å²) in [6.07, 6.45) is 0. The molecular formula is C9H19N2O5P. The second-order valence-electron chi connectivity index (χ2n) is 3.19. The third-order valence-corrected chi connectivity index (χ3v) is 4.56. The van der Waals surface area contributed by atoms with Gasteiger partial charge in [0.1, 0.15) is 0 Å². The van der Waals surface area contributed by atoms with E-state index >= 15 is 0 Å². The fourth-order valence-electron chi connectivity index (χ4n) is 1.12. The Bertz CT molecular complexity index is 313. The molecule has 1 unspecified atom stereocenters. The van der Waals surface area contributed by atoms with Gasteiger partial charge in [-0.3, -0.25) is 4.57 Å². The quantitative estimate of drug-likeness (QED) is 0.413. The Kier molecular flexibility index (Phi) is 6.52. The molecule has 0 heterocycles. The molecule has 0 saturated carbocycles. The zero-order valence-electron chi connectivity index (χ0n) is 10.6. The highest BCUT2D eigenvalue weighted by Crippen LogP contribution is 2.61. The predicted molar refractivity (Wildman–Crippen MR) is 61.0 cm³/mol. The van der Waals surface area contributed by atoms with E-state index in [0.29, 0.717) is 0 Å². The number of carbonyl (C=O) groups excluding carboxylic acids is 1. The topological polar surface area (TPSA) is 98.0 Å². The molecule has 17 heavy (non-hydrogen) atoms. The van der Waals surface area contributed by atoms with E-state index in [1.54, 1.807) is 20.8 Å². The molecule has 0 amide bonds. The molecule has 0 aliphatic heterocycles. The number of hydrogen-bond donors (Lipinski definition) is 1. The van der Waals surface area contributed by atoms with E-state index in [1.807, 2.05) is 0 Å². The second-order valence-corrected chi connectivity index (χ2v) is 5.57. The molecule has 0 bridgehead atoms. The minimum Gasteiger partial charge on any atom is -0.464 e. The van der Waals surface area contributed by atoms with Gasteiger partial charge < -0.3 is 13.8 Å². The van der Waals surface area contributed by atoms with Crippen molar-refractivity contribution in [3.63, 3.8) is 0 Å². The summed E-state index contributed by atoms with van der Waals surface area (Å²) >= 11 is 0. The van der Waals surface area contributed by atoms with Crippen molar-refractivity contribution >= 4 is 13.6 Å². The Morgan fingerprint density at radius 3 is 2.00 bits per heavy atom. The summed E-state index contributed by atoms with van der Waals surface area (Å²) in [5.74, 6) is -0.889. The Morgan fingerprint density at radius 1 is 1.24 bits per heavy atom.